The quantitative estimate of drug-likeness (QED) is 0.730. The number of nitrogens with zero attached hydrogens (tertiary/aromatic N) is 1. The Balaban J connectivity index is 1.67. The van der Waals surface area contributed by atoms with Crippen molar-refractivity contribution >= 4 is 22.6 Å². The number of carbonyl (C=O) groups is 1. The van der Waals surface area contributed by atoms with E-state index in [0.717, 1.165) is 33.9 Å². The first kappa shape index (κ1) is 16.0. The van der Waals surface area contributed by atoms with Crippen LogP contribution >= 0.6 is 0 Å². The van der Waals surface area contributed by atoms with Gasteiger partial charge in [-0.15, -0.1) is 0 Å². The molecule has 0 spiro atoms. The first-order valence-corrected chi connectivity index (χ1v) is 7.58. The van der Waals surface area contributed by atoms with Crippen LogP contribution in [0.25, 0.3) is 11.0 Å². The standard InChI is InChI=1S/C18H19N3O3/c1-23-11-17-20-15-8-5-13(10-16(15)21-17)19-18(22)9-12-3-6-14(24-2)7-4-12/h3-8,10H,9,11H2,1-2H3,(H,19,22)(H,20,21). The summed E-state index contributed by atoms with van der Waals surface area (Å²) in [4.78, 5) is 19.8. The molecule has 3 aromatic rings. The Morgan fingerprint density at radius 3 is 2.67 bits per heavy atom. The first-order chi connectivity index (χ1) is 11.7. The molecular weight excluding hydrogens is 306 g/mol. The van der Waals surface area contributed by atoms with Gasteiger partial charge in [0.1, 0.15) is 18.2 Å². The van der Waals surface area contributed by atoms with Gasteiger partial charge in [-0.1, -0.05) is 12.1 Å². The van der Waals surface area contributed by atoms with Crippen molar-refractivity contribution in [2.45, 2.75) is 13.0 Å². The summed E-state index contributed by atoms with van der Waals surface area (Å²) in [5.41, 5.74) is 3.37. The Kier molecular flexibility index (Phi) is 4.77. The van der Waals surface area contributed by atoms with E-state index in [9.17, 15) is 4.79 Å². The maximum Gasteiger partial charge on any atom is 0.228 e. The van der Waals surface area contributed by atoms with Crippen LogP contribution in [0.3, 0.4) is 0 Å². The summed E-state index contributed by atoms with van der Waals surface area (Å²) >= 11 is 0. The van der Waals surface area contributed by atoms with E-state index < -0.39 is 0 Å². The second-order valence-corrected chi connectivity index (χ2v) is 5.42. The van der Waals surface area contributed by atoms with Crippen LogP contribution in [0.4, 0.5) is 5.69 Å². The summed E-state index contributed by atoms with van der Waals surface area (Å²) in [5.74, 6) is 1.46. The monoisotopic (exact) mass is 325 g/mol. The van der Waals surface area contributed by atoms with Crippen LogP contribution in [-0.2, 0) is 22.6 Å². The van der Waals surface area contributed by atoms with Crippen molar-refractivity contribution in [2.75, 3.05) is 19.5 Å². The van der Waals surface area contributed by atoms with Gasteiger partial charge in [-0.25, -0.2) is 4.98 Å². The van der Waals surface area contributed by atoms with E-state index in [1.165, 1.54) is 0 Å². The maximum absolute atomic E-state index is 12.2. The maximum atomic E-state index is 12.2. The molecule has 0 aliphatic carbocycles. The number of H-pyrrole nitrogens is 1. The van der Waals surface area contributed by atoms with E-state index in [-0.39, 0.29) is 5.91 Å². The van der Waals surface area contributed by atoms with Gasteiger partial charge in [-0.3, -0.25) is 4.79 Å². The lowest BCUT2D eigenvalue weighted by Gasteiger charge is -2.06. The van der Waals surface area contributed by atoms with Crippen molar-refractivity contribution < 1.29 is 14.3 Å². The number of aromatic amines is 1. The van der Waals surface area contributed by atoms with Gasteiger partial charge in [-0.05, 0) is 35.9 Å². The van der Waals surface area contributed by atoms with Gasteiger partial charge in [0.2, 0.25) is 5.91 Å². The summed E-state index contributed by atoms with van der Waals surface area (Å²) < 4.78 is 10.2. The number of ether oxygens (including phenoxy) is 2. The van der Waals surface area contributed by atoms with Gasteiger partial charge in [0.25, 0.3) is 0 Å². The minimum atomic E-state index is -0.0730. The Morgan fingerprint density at radius 1 is 1.17 bits per heavy atom. The zero-order valence-corrected chi connectivity index (χ0v) is 13.6. The predicted molar refractivity (Wildman–Crippen MR) is 92.1 cm³/mol. The lowest BCUT2D eigenvalue weighted by molar-refractivity contribution is -0.115. The Bertz CT molecular complexity index is 840. The third-order valence-corrected chi connectivity index (χ3v) is 3.62. The number of imidazole rings is 1. The average Bonchev–Trinajstić information content (AvgIpc) is 2.97. The van der Waals surface area contributed by atoms with Crippen LogP contribution in [-0.4, -0.2) is 30.1 Å². The summed E-state index contributed by atoms with van der Waals surface area (Å²) in [6.45, 7) is 0.424. The number of rotatable bonds is 6. The minimum absolute atomic E-state index is 0.0730. The van der Waals surface area contributed by atoms with Gasteiger partial charge < -0.3 is 19.8 Å². The van der Waals surface area contributed by atoms with E-state index in [1.807, 2.05) is 42.5 Å². The molecule has 2 N–H and O–H groups in total. The van der Waals surface area contributed by atoms with Crippen LogP contribution < -0.4 is 10.1 Å². The zero-order valence-electron chi connectivity index (χ0n) is 13.6. The van der Waals surface area contributed by atoms with Gasteiger partial charge in [0.05, 0.1) is 24.6 Å². The highest BCUT2D eigenvalue weighted by atomic mass is 16.5. The van der Waals surface area contributed by atoms with Crippen LogP contribution in [0.1, 0.15) is 11.4 Å². The highest BCUT2D eigenvalue weighted by Gasteiger charge is 2.07. The highest BCUT2D eigenvalue weighted by Crippen LogP contribution is 2.18. The van der Waals surface area contributed by atoms with E-state index >= 15 is 0 Å². The fourth-order valence-electron chi connectivity index (χ4n) is 2.48. The van der Waals surface area contributed by atoms with Crippen LogP contribution in [0.2, 0.25) is 0 Å². The fraction of sp³-hybridized carbons (Fsp3) is 0.222. The molecule has 124 valence electrons. The molecule has 1 amide bonds. The molecule has 6 nitrogen and oxygen atoms in total. The van der Waals surface area contributed by atoms with E-state index in [2.05, 4.69) is 15.3 Å². The first-order valence-electron chi connectivity index (χ1n) is 7.58. The molecule has 1 heterocycles. The number of hydrogen-bond donors (Lipinski definition) is 2. The smallest absolute Gasteiger partial charge is 0.228 e. The summed E-state index contributed by atoms with van der Waals surface area (Å²) in [6, 6.07) is 13.0. The number of anilines is 1. The van der Waals surface area contributed by atoms with Crippen molar-refractivity contribution in [3.05, 3.63) is 53.9 Å². The molecule has 3 rings (SSSR count). The molecule has 24 heavy (non-hydrogen) atoms. The minimum Gasteiger partial charge on any atom is -0.497 e. The number of methoxy groups -OCH3 is 2. The molecule has 0 saturated carbocycles. The molecule has 0 bridgehead atoms. The zero-order chi connectivity index (χ0) is 16.9. The summed E-state index contributed by atoms with van der Waals surface area (Å²) in [5, 5.41) is 2.90. The van der Waals surface area contributed by atoms with E-state index in [0.29, 0.717) is 13.0 Å². The molecule has 6 heteroatoms. The van der Waals surface area contributed by atoms with E-state index in [4.69, 9.17) is 9.47 Å². The second kappa shape index (κ2) is 7.14. The SMILES string of the molecule is COCc1nc2ccc(NC(=O)Cc3ccc(OC)cc3)cc2[nH]1. The van der Waals surface area contributed by atoms with Crippen molar-refractivity contribution in [1.29, 1.82) is 0 Å². The third-order valence-electron chi connectivity index (χ3n) is 3.62. The lowest BCUT2D eigenvalue weighted by Crippen LogP contribution is -2.14. The molecule has 0 aliphatic heterocycles. The summed E-state index contributed by atoms with van der Waals surface area (Å²) in [6.07, 6.45) is 0.305. The number of hydrogen-bond acceptors (Lipinski definition) is 4. The predicted octanol–water partition coefficient (Wildman–Crippen LogP) is 2.90. The van der Waals surface area contributed by atoms with Gasteiger partial charge >= 0.3 is 0 Å². The van der Waals surface area contributed by atoms with Crippen LogP contribution in [0.5, 0.6) is 5.75 Å². The molecular formula is C18H19N3O3. The van der Waals surface area contributed by atoms with Crippen molar-refractivity contribution in [3.8, 4) is 5.75 Å². The number of carbonyl (C=O) groups excluding carboxylic acids is 1. The van der Waals surface area contributed by atoms with Gasteiger partial charge in [0.15, 0.2) is 0 Å². The van der Waals surface area contributed by atoms with Gasteiger partial charge in [-0.2, -0.15) is 0 Å². The van der Waals surface area contributed by atoms with Crippen molar-refractivity contribution in [3.63, 3.8) is 0 Å². The van der Waals surface area contributed by atoms with E-state index in [1.54, 1.807) is 14.2 Å². The Hall–Kier alpha value is -2.86. The molecule has 0 unspecified atom stereocenters. The number of fused-ring (bicyclic) bond motifs is 1. The Morgan fingerprint density at radius 2 is 1.96 bits per heavy atom. The normalized spacial score (nSPS) is 10.8. The molecule has 0 aliphatic rings. The summed E-state index contributed by atoms with van der Waals surface area (Å²) in [7, 11) is 3.24. The molecule has 0 fully saturated rings. The third kappa shape index (κ3) is 3.72. The Labute approximate surface area is 139 Å². The largest absolute Gasteiger partial charge is 0.497 e. The van der Waals surface area contributed by atoms with Crippen molar-refractivity contribution in [1.82, 2.24) is 9.97 Å². The van der Waals surface area contributed by atoms with Crippen LogP contribution in [0.15, 0.2) is 42.5 Å². The molecule has 0 atom stereocenters. The topological polar surface area (TPSA) is 76.2 Å². The number of aromatic nitrogens is 2. The number of nitrogens with one attached hydrogen (secondary N) is 2. The number of amides is 1. The molecule has 0 radical (unpaired) electrons. The molecule has 0 saturated heterocycles. The second-order valence-electron chi connectivity index (χ2n) is 5.42. The van der Waals surface area contributed by atoms with Crippen molar-refractivity contribution in [2.24, 2.45) is 0 Å². The number of benzene rings is 2. The highest BCUT2D eigenvalue weighted by molar-refractivity contribution is 5.94. The lowest BCUT2D eigenvalue weighted by atomic mass is 10.1. The molecule has 1 aromatic heterocycles. The van der Waals surface area contributed by atoms with Gasteiger partial charge in [0, 0.05) is 12.8 Å². The fourth-order valence-corrected chi connectivity index (χ4v) is 2.48. The van der Waals surface area contributed by atoms with Crippen LogP contribution in [0, 0.1) is 0 Å². The molecule has 2 aromatic carbocycles. The average molecular weight is 325 g/mol.